The molecular formula is C27H23ClN9O2+. The number of rotatable bonds is 5. The van der Waals surface area contributed by atoms with E-state index in [1.807, 2.05) is 0 Å². The summed E-state index contributed by atoms with van der Waals surface area (Å²) < 4.78 is -0.198. The highest BCUT2D eigenvalue weighted by atomic mass is 35.5. The number of likely N-dealkylation sites (tertiary alicyclic amines) is 1. The van der Waals surface area contributed by atoms with Crippen molar-refractivity contribution in [1.29, 1.82) is 0 Å². The van der Waals surface area contributed by atoms with Crippen LogP contribution in [0.25, 0.3) is 0 Å². The molecule has 0 aliphatic carbocycles. The number of nitrogens with two attached hydrogens (primary N) is 1. The number of hydrogen-bond acceptors (Lipinski definition) is 8. The van der Waals surface area contributed by atoms with Crippen molar-refractivity contribution in [2.24, 2.45) is 15.8 Å². The van der Waals surface area contributed by atoms with Crippen molar-refractivity contribution >= 4 is 41.3 Å². The molecule has 1 saturated heterocycles. The Bertz CT molecular complexity index is 1580. The second kappa shape index (κ2) is 9.95. The zero-order valence-corrected chi connectivity index (χ0v) is 21.4. The average Bonchev–Trinajstić information content (AvgIpc) is 3.55. The molecule has 3 aliphatic heterocycles. The number of amidine groups is 1. The van der Waals surface area contributed by atoms with E-state index in [9.17, 15) is 9.59 Å². The average molecular weight is 541 g/mol. The number of amides is 2. The van der Waals surface area contributed by atoms with Gasteiger partial charge in [0.25, 0.3) is 17.6 Å². The summed E-state index contributed by atoms with van der Waals surface area (Å²) in [6.45, 7) is 0.546. The Labute approximate surface area is 228 Å². The van der Waals surface area contributed by atoms with Gasteiger partial charge in [-0.15, -0.1) is 4.59 Å². The van der Waals surface area contributed by atoms with Gasteiger partial charge in [0.2, 0.25) is 11.0 Å². The van der Waals surface area contributed by atoms with Crippen molar-refractivity contribution in [2.45, 2.75) is 18.9 Å². The van der Waals surface area contributed by atoms with Crippen molar-refractivity contribution in [3.05, 3.63) is 107 Å². The molecule has 3 aliphatic rings. The number of nitrogens with one attached hydrogen (secondary N) is 1. The Balaban J connectivity index is 1.30. The van der Waals surface area contributed by atoms with Gasteiger partial charge in [-0.2, -0.15) is 10.8 Å². The van der Waals surface area contributed by atoms with Crippen LogP contribution in [0.1, 0.15) is 39.3 Å². The molecule has 2 atom stereocenters. The number of carbonyl (C=O) groups is 2. The Kier molecular flexibility index (Phi) is 6.31. The summed E-state index contributed by atoms with van der Waals surface area (Å²) in [6.07, 6.45) is 9.63. The lowest BCUT2D eigenvalue weighted by atomic mass is 10.1. The predicted octanol–water partition coefficient (Wildman–Crippen LogP) is 3.30. The Morgan fingerprint density at radius 3 is 2.69 bits per heavy atom. The fourth-order valence-electron chi connectivity index (χ4n) is 4.94. The number of pyridine rings is 1. The zero-order valence-electron chi connectivity index (χ0n) is 20.6. The van der Waals surface area contributed by atoms with Gasteiger partial charge in [0.1, 0.15) is 23.4 Å². The summed E-state index contributed by atoms with van der Waals surface area (Å²) in [7, 11) is 0. The fourth-order valence-corrected chi connectivity index (χ4v) is 5.09. The van der Waals surface area contributed by atoms with E-state index in [4.69, 9.17) is 22.4 Å². The number of allylic oxidation sites excluding steroid dienone is 1. The van der Waals surface area contributed by atoms with Gasteiger partial charge >= 0.3 is 0 Å². The molecule has 6 rings (SSSR count). The van der Waals surface area contributed by atoms with Crippen LogP contribution < -0.4 is 11.2 Å². The molecule has 3 aromatic rings. The van der Waals surface area contributed by atoms with Gasteiger partial charge in [-0.25, -0.2) is 15.0 Å². The summed E-state index contributed by atoms with van der Waals surface area (Å²) >= 11 is 5.93. The Morgan fingerprint density at radius 2 is 1.92 bits per heavy atom. The number of benzene rings is 1. The number of hydrogen-bond donors (Lipinski definition) is 2. The van der Waals surface area contributed by atoms with Crippen LogP contribution >= 0.6 is 11.6 Å². The standard InChI is InChI=1S/C27H22ClN9O2/c28-27-32-12-10-19(33-27)26(39)36-14-3-4-20(36)23-21-16-30-13-15-37(21,29)24(35-23)17-6-8-18(9-7-17)25(38)34-22-5-1-2-11-31-22/h1-2,5-13,15-16,20H,3-4,14,29H2/p+1. The van der Waals surface area contributed by atoms with E-state index in [0.717, 1.165) is 12.0 Å². The van der Waals surface area contributed by atoms with Crippen LogP contribution in [0.4, 0.5) is 5.82 Å². The molecule has 39 heavy (non-hydrogen) atoms. The van der Waals surface area contributed by atoms with E-state index < -0.39 is 0 Å². The maximum absolute atomic E-state index is 13.4. The van der Waals surface area contributed by atoms with Crippen LogP contribution in [0.3, 0.4) is 0 Å². The molecular weight excluding hydrogens is 518 g/mol. The minimum Gasteiger partial charge on any atom is -0.328 e. The smallest absolute Gasteiger partial charge is 0.273 e. The number of aliphatic imine (C=N–C) groups is 2. The van der Waals surface area contributed by atoms with Crippen molar-refractivity contribution in [2.75, 3.05) is 11.9 Å². The largest absolute Gasteiger partial charge is 0.328 e. The molecule has 0 radical (unpaired) electrons. The zero-order chi connectivity index (χ0) is 27.0. The first kappa shape index (κ1) is 24.7. The highest BCUT2D eigenvalue weighted by Crippen LogP contribution is 2.37. The van der Waals surface area contributed by atoms with Gasteiger partial charge in [0, 0.05) is 24.5 Å². The van der Waals surface area contributed by atoms with Crippen LogP contribution in [0.5, 0.6) is 0 Å². The summed E-state index contributed by atoms with van der Waals surface area (Å²) in [4.78, 5) is 49.2. The molecule has 0 spiro atoms. The Morgan fingerprint density at radius 1 is 1.08 bits per heavy atom. The van der Waals surface area contributed by atoms with Gasteiger partial charge in [0.15, 0.2) is 0 Å². The number of halogens is 1. The number of fused-ring (bicyclic) bond motifs is 1. The highest BCUT2D eigenvalue weighted by molar-refractivity contribution is 6.28. The number of carbonyl (C=O) groups excluding carboxylic acids is 2. The van der Waals surface area contributed by atoms with Crippen LogP contribution in [0.2, 0.25) is 5.28 Å². The molecule has 1 fully saturated rings. The second-order valence-electron chi connectivity index (χ2n) is 9.17. The monoisotopic (exact) mass is 540 g/mol. The van der Waals surface area contributed by atoms with Crippen molar-refractivity contribution in [3.63, 3.8) is 0 Å². The van der Waals surface area contributed by atoms with Crippen LogP contribution in [0, 0.1) is 0 Å². The van der Waals surface area contributed by atoms with Crippen molar-refractivity contribution < 1.29 is 14.2 Å². The van der Waals surface area contributed by atoms with Gasteiger partial charge in [-0.05, 0) is 66.9 Å². The molecule has 5 heterocycles. The van der Waals surface area contributed by atoms with Crippen LogP contribution in [0.15, 0.2) is 94.7 Å². The summed E-state index contributed by atoms with van der Waals surface area (Å²) in [5.74, 6) is 7.39. The number of quaternary nitrogens is 1. The van der Waals surface area contributed by atoms with Crippen molar-refractivity contribution in [1.82, 2.24) is 19.9 Å². The summed E-state index contributed by atoms with van der Waals surface area (Å²) in [5.41, 5.74) is 2.77. The third-order valence-electron chi connectivity index (χ3n) is 6.81. The Hall–Kier alpha value is -4.58. The lowest BCUT2D eigenvalue weighted by molar-refractivity contribution is -0.750. The minimum atomic E-state index is -0.318. The molecule has 194 valence electrons. The maximum Gasteiger partial charge on any atom is 0.273 e. The molecule has 11 nitrogen and oxygen atoms in total. The molecule has 1 aromatic carbocycles. The summed E-state index contributed by atoms with van der Waals surface area (Å²) in [5, 5.41) is 2.79. The quantitative estimate of drug-likeness (QED) is 0.289. The van der Waals surface area contributed by atoms with Gasteiger partial charge in [-0.3, -0.25) is 14.6 Å². The van der Waals surface area contributed by atoms with E-state index in [1.54, 1.807) is 78.2 Å². The summed E-state index contributed by atoms with van der Waals surface area (Å²) in [6, 6.07) is 13.6. The second-order valence-corrected chi connectivity index (χ2v) is 9.51. The molecule has 2 aromatic heterocycles. The van der Waals surface area contributed by atoms with Crippen LogP contribution in [-0.2, 0) is 0 Å². The third kappa shape index (κ3) is 4.52. The molecule has 0 saturated carbocycles. The minimum absolute atomic E-state index is 0.0131. The molecule has 3 N–H and O–H groups in total. The third-order valence-corrected chi connectivity index (χ3v) is 6.99. The van der Waals surface area contributed by atoms with E-state index in [-0.39, 0.29) is 33.4 Å². The highest BCUT2D eigenvalue weighted by Gasteiger charge is 2.48. The van der Waals surface area contributed by atoms with E-state index >= 15 is 0 Å². The number of aromatic nitrogens is 3. The maximum atomic E-state index is 13.4. The first-order valence-electron chi connectivity index (χ1n) is 12.3. The van der Waals surface area contributed by atoms with Gasteiger partial charge in [-0.1, -0.05) is 6.07 Å². The normalized spacial score (nSPS) is 21.6. The SMILES string of the molecule is N[N+]12C=CN=CC1=C(C1CCCN1C(=O)c1ccnc(Cl)n1)N=C2c1ccc(C(=O)Nc2ccccn2)cc1. The predicted molar refractivity (Wildman–Crippen MR) is 145 cm³/mol. The fraction of sp³-hybridized carbons (Fsp3) is 0.148. The molecule has 2 amide bonds. The number of nitrogens with zero attached hydrogens (tertiary/aromatic N) is 7. The first-order chi connectivity index (χ1) is 18.9. The van der Waals surface area contributed by atoms with Crippen LogP contribution in [-0.4, -0.2) is 60.9 Å². The van der Waals surface area contributed by atoms with Crippen molar-refractivity contribution in [3.8, 4) is 0 Å². The lowest BCUT2D eigenvalue weighted by Gasteiger charge is -2.27. The lowest BCUT2D eigenvalue weighted by Crippen LogP contribution is -2.53. The number of anilines is 1. The first-order valence-corrected chi connectivity index (χ1v) is 12.7. The molecule has 2 unspecified atom stereocenters. The topological polar surface area (TPSA) is 139 Å². The molecule has 12 heteroatoms. The van der Waals surface area contributed by atoms with E-state index in [2.05, 4.69) is 25.3 Å². The van der Waals surface area contributed by atoms with Gasteiger partial charge in [0.05, 0.1) is 24.0 Å². The molecule has 0 bridgehead atoms. The van der Waals surface area contributed by atoms with E-state index in [0.29, 0.717) is 41.6 Å². The van der Waals surface area contributed by atoms with E-state index in [1.165, 1.54) is 6.20 Å². The van der Waals surface area contributed by atoms with Gasteiger partial charge < -0.3 is 10.2 Å².